The Bertz CT molecular complexity index is 1020. The van der Waals surface area contributed by atoms with Crippen LogP contribution in [0.2, 0.25) is 5.02 Å². The average Bonchev–Trinajstić information content (AvgIpc) is 3.15. The van der Waals surface area contributed by atoms with Crippen molar-refractivity contribution in [2.45, 2.75) is 6.42 Å². The van der Waals surface area contributed by atoms with Gasteiger partial charge in [0.1, 0.15) is 5.82 Å². The third-order valence-corrected chi connectivity index (χ3v) is 5.06. The average molecular weight is 408 g/mol. The number of amides is 2. The number of nitrogens with one attached hydrogen (secondary N) is 1. The van der Waals surface area contributed by atoms with E-state index < -0.39 is 0 Å². The first-order chi connectivity index (χ1) is 14.1. The number of rotatable bonds is 4. The first-order valence-corrected chi connectivity index (χ1v) is 9.69. The van der Waals surface area contributed by atoms with E-state index in [2.05, 4.69) is 22.6 Å². The Morgan fingerprint density at radius 1 is 1.03 bits per heavy atom. The van der Waals surface area contributed by atoms with Crippen LogP contribution >= 0.6 is 11.6 Å². The smallest absolute Gasteiger partial charge is 0.306 e. The summed E-state index contributed by atoms with van der Waals surface area (Å²) in [6.45, 7) is 0.458. The zero-order valence-electron chi connectivity index (χ0n) is 15.6. The summed E-state index contributed by atoms with van der Waals surface area (Å²) >= 11 is 6.02. The number of benzene rings is 3. The molecule has 0 saturated carbocycles. The first kappa shape index (κ1) is 19.2. The third kappa shape index (κ3) is 4.63. The predicted octanol–water partition coefficient (Wildman–Crippen LogP) is 5.59. The number of anilines is 1. The molecule has 2 amide bonds. The molecular formula is C23H19ClFN3O. The van der Waals surface area contributed by atoms with Gasteiger partial charge in [0.2, 0.25) is 0 Å². The molecule has 29 heavy (non-hydrogen) atoms. The lowest BCUT2D eigenvalue weighted by molar-refractivity contribution is 0.215. The van der Waals surface area contributed by atoms with Crippen molar-refractivity contribution in [1.29, 1.82) is 0 Å². The summed E-state index contributed by atoms with van der Waals surface area (Å²) < 4.78 is 13.1. The molecule has 0 radical (unpaired) electrons. The molecule has 0 spiro atoms. The Balaban J connectivity index is 1.57. The predicted molar refractivity (Wildman–Crippen MR) is 114 cm³/mol. The zero-order chi connectivity index (χ0) is 20.2. The number of hydrogen-bond acceptors (Lipinski definition) is 2. The highest BCUT2D eigenvalue weighted by atomic mass is 35.5. The lowest BCUT2D eigenvalue weighted by Gasteiger charge is -2.16. The first-order valence-electron chi connectivity index (χ1n) is 9.31. The molecule has 0 bridgehead atoms. The van der Waals surface area contributed by atoms with Crippen LogP contribution in [0.4, 0.5) is 14.9 Å². The minimum Gasteiger partial charge on any atom is -0.306 e. The third-order valence-electron chi connectivity index (χ3n) is 4.80. The lowest BCUT2D eigenvalue weighted by atomic mass is 9.91. The number of nitrogens with zero attached hydrogens (tertiary/aromatic N) is 2. The number of urea groups is 1. The topological polar surface area (TPSA) is 44.7 Å². The van der Waals surface area contributed by atoms with Gasteiger partial charge in [-0.25, -0.2) is 14.2 Å². The Labute approximate surface area is 173 Å². The van der Waals surface area contributed by atoms with Crippen LogP contribution in [-0.2, 0) is 6.42 Å². The Hall–Kier alpha value is -3.18. The van der Waals surface area contributed by atoms with Crippen LogP contribution in [0.1, 0.15) is 11.1 Å². The summed E-state index contributed by atoms with van der Waals surface area (Å²) in [7, 11) is 0. The molecule has 1 atom stereocenters. The van der Waals surface area contributed by atoms with E-state index in [1.54, 1.807) is 0 Å². The van der Waals surface area contributed by atoms with Crippen molar-refractivity contribution in [3.8, 4) is 0 Å². The Kier molecular flexibility index (Phi) is 5.58. The number of hydrogen-bond donors (Lipinski definition) is 1. The molecule has 0 aromatic heterocycles. The van der Waals surface area contributed by atoms with Gasteiger partial charge in [0.15, 0.2) is 0 Å². The van der Waals surface area contributed by atoms with Crippen molar-refractivity contribution < 1.29 is 9.18 Å². The molecule has 4 nitrogen and oxygen atoms in total. The van der Waals surface area contributed by atoms with Crippen molar-refractivity contribution in [1.82, 2.24) is 5.01 Å². The minimum atomic E-state index is -0.352. The van der Waals surface area contributed by atoms with Gasteiger partial charge in [0.05, 0.1) is 12.3 Å². The zero-order valence-corrected chi connectivity index (χ0v) is 16.3. The molecule has 0 fully saturated rings. The van der Waals surface area contributed by atoms with E-state index in [0.717, 1.165) is 17.7 Å². The Morgan fingerprint density at radius 3 is 2.41 bits per heavy atom. The van der Waals surface area contributed by atoms with Gasteiger partial charge in [-0.1, -0.05) is 54.1 Å². The second-order valence-corrected chi connectivity index (χ2v) is 7.33. The second kappa shape index (κ2) is 8.45. The highest BCUT2D eigenvalue weighted by Gasteiger charge is 2.31. The molecule has 3 aromatic rings. The van der Waals surface area contributed by atoms with Gasteiger partial charge in [0, 0.05) is 16.6 Å². The van der Waals surface area contributed by atoms with E-state index in [1.165, 1.54) is 34.8 Å². The maximum atomic E-state index is 13.1. The highest BCUT2D eigenvalue weighted by Crippen LogP contribution is 2.25. The van der Waals surface area contributed by atoms with Crippen molar-refractivity contribution in [3.63, 3.8) is 0 Å². The highest BCUT2D eigenvalue weighted by molar-refractivity contribution is 6.30. The van der Waals surface area contributed by atoms with Crippen molar-refractivity contribution >= 4 is 29.0 Å². The maximum Gasteiger partial charge on any atom is 0.342 e. The van der Waals surface area contributed by atoms with E-state index in [1.807, 2.05) is 42.5 Å². The summed E-state index contributed by atoms with van der Waals surface area (Å²) in [6.07, 6.45) is 0.766. The maximum absolute atomic E-state index is 13.1. The van der Waals surface area contributed by atoms with E-state index in [9.17, 15) is 9.18 Å². The molecule has 3 aromatic carbocycles. The molecule has 1 N–H and O–H groups in total. The van der Waals surface area contributed by atoms with Crippen molar-refractivity contribution in [2.24, 2.45) is 11.0 Å². The second-order valence-electron chi connectivity index (χ2n) is 6.90. The minimum absolute atomic E-state index is 0.0533. The fourth-order valence-electron chi connectivity index (χ4n) is 3.37. The van der Waals surface area contributed by atoms with Gasteiger partial charge in [-0.3, -0.25) is 0 Å². The van der Waals surface area contributed by atoms with Crippen molar-refractivity contribution in [2.75, 3.05) is 11.9 Å². The van der Waals surface area contributed by atoms with Crippen LogP contribution in [0, 0.1) is 11.7 Å². The van der Waals surface area contributed by atoms with E-state index in [4.69, 9.17) is 11.6 Å². The van der Waals surface area contributed by atoms with Crippen LogP contribution in [0.3, 0.4) is 0 Å². The van der Waals surface area contributed by atoms with Crippen LogP contribution < -0.4 is 5.32 Å². The molecule has 1 unspecified atom stereocenters. The van der Waals surface area contributed by atoms with Gasteiger partial charge >= 0.3 is 6.03 Å². The summed E-state index contributed by atoms with van der Waals surface area (Å²) in [4.78, 5) is 12.7. The summed E-state index contributed by atoms with van der Waals surface area (Å²) in [5.74, 6) is -0.298. The molecule has 1 heterocycles. The van der Waals surface area contributed by atoms with Crippen LogP contribution in [0.5, 0.6) is 0 Å². The largest absolute Gasteiger partial charge is 0.342 e. The molecule has 0 saturated heterocycles. The summed E-state index contributed by atoms with van der Waals surface area (Å²) in [6, 6.07) is 22.9. The van der Waals surface area contributed by atoms with Gasteiger partial charge in [-0.15, -0.1) is 0 Å². The quantitative estimate of drug-likeness (QED) is 0.602. The summed E-state index contributed by atoms with van der Waals surface area (Å²) in [5.41, 5.74) is 3.48. The normalized spacial score (nSPS) is 15.9. The lowest BCUT2D eigenvalue weighted by Crippen LogP contribution is -2.31. The van der Waals surface area contributed by atoms with Gasteiger partial charge in [-0.2, -0.15) is 5.10 Å². The fraction of sp³-hybridized carbons (Fsp3) is 0.130. The van der Waals surface area contributed by atoms with E-state index in [-0.39, 0.29) is 17.8 Å². The molecule has 4 rings (SSSR count). The van der Waals surface area contributed by atoms with Gasteiger partial charge in [0.25, 0.3) is 0 Å². The molecule has 146 valence electrons. The van der Waals surface area contributed by atoms with Gasteiger partial charge in [-0.05, 0) is 53.9 Å². The molecule has 1 aliphatic rings. The standard InChI is InChI=1S/C23H19ClFN3O/c24-19-8-6-17(7-9-19)22-18(14-16-4-2-1-3-5-16)15-28(27-22)23(29)26-21-12-10-20(25)11-13-21/h1-13,18H,14-15H2,(H,26,29). The Morgan fingerprint density at radius 2 is 1.72 bits per heavy atom. The SMILES string of the molecule is O=C(Nc1ccc(F)cc1)N1CC(Cc2ccccc2)C(c2ccc(Cl)cc2)=N1. The molecular weight excluding hydrogens is 389 g/mol. The van der Waals surface area contributed by atoms with Crippen molar-refractivity contribution in [3.05, 3.63) is 101 Å². The van der Waals surface area contributed by atoms with E-state index in [0.29, 0.717) is 17.3 Å². The number of carbonyl (C=O) groups is 1. The molecule has 6 heteroatoms. The van der Waals surface area contributed by atoms with Crippen LogP contribution in [0.15, 0.2) is 84.0 Å². The fourth-order valence-corrected chi connectivity index (χ4v) is 3.50. The molecule has 0 aliphatic carbocycles. The monoisotopic (exact) mass is 407 g/mol. The number of carbonyl (C=O) groups excluding carboxylic acids is 1. The summed E-state index contributed by atoms with van der Waals surface area (Å²) in [5, 5.41) is 9.45. The van der Waals surface area contributed by atoms with Crippen LogP contribution in [0.25, 0.3) is 0 Å². The van der Waals surface area contributed by atoms with Crippen LogP contribution in [-0.4, -0.2) is 23.3 Å². The van der Waals surface area contributed by atoms with E-state index >= 15 is 0 Å². The number of halogens is 2. The van der Waals surface area contributed by atoms with Gasteiger partial charge < -0.3 is 5.32 Å². The number of hydrazone groups is 1. The molecule has 1 aliphatic heterocycles.